The second-order valence-electron chi connectivity index (χ2n) is 3.76. The van der Waals surface area contributed by atoms with Gasteiger partial charge in [-0.3, -0.25) is 0 Å². The van der Waals surface area contributed by atoms with Crippen molar-refractivity contribution in [1.82, 2.24) is 10.2 Å². The predicted molar refractivity (Wildman–Crippen MR) is 69.2 cm³/mol. The summed E-state index contributed by atoms with van der Waals surface area (Å²) < 4.78 is 0. The first kappa shape index (κ1) is 11.6. The van der Waals surface area contributed by atoms with E-state index in [1.54, 1.807) is 11.3 Å². The zero-order valence-corrected chi connectivity index (χ0v) is 10.9. The molecule has 2 aromatic rings. The Morgan fingerprint density at radius 1 is 1.25 bits per heavy atom. The van der Waals surface area contributed by atoms with Crippen LogP contribution >= 0.6 is 22.9 Å². The number of hydrogen-bond donors (Lipinski definition) is 0. The smallest absolute Gasteiger partial charge is 0.143 e. The average molecular weight is 253 g/mol. The zero-order chi connectivity index (χ0) is 11.5. The lowest BCUT2D eigenvalue weighted by molar-refractivity contribution is 0.989. The molecule has 0 amide bonds. The summed E-state index contributed by atoms with van der Waals surface area (Å²) in [6.45, 7) is 4.18. The van der Waals surface area contributed by atoms with Crippen molar-refractivity contribution in [3.63, 3.8) is 0 Å². The van der Waals surface area contributed by atoms with Gasteiger partial charge in [-0.2, -0.15) is 0 Å². The van der Waals surface area contributed by atoms with Crippen LogP contribution in [0.15, 0.2) is 18.2 Å². The summed E-state index contributed by atoms with van der Waals surface area (Å²) in [6.07, 6.45) is 0.796. The molecule has 0 N–H and O–H groups in total. The molecule has 84 valence electrons. The summed E-state index contributed by atoms with van der Waals surface area (Å²) in [4.78, 5) is 0. The summed E-state index contributed by atoms with van der Waals surface area (Å²) >= 11 is 7.31. The minimum atomic E-state index is 0.599. The molecular weight excluding hydrogens is 240 g/mol. The number of rotatable bonds is 3. The van der Waals surface area contributed by atoms with E-state index in [0.717, 1.165) is 16.4 Å². The van der Waals surface area contributed by atoms with Crippen LogP contribution in [0.25, 0.3) is 10.6 Å². The summed E-state index contributed by atoms with van der Waals surface area (Å²) in [5.74, 6) is 0.599. The van der Waals surface area contributed by atoms with E-state index >= 15 is 0 Å². The van der Waals surface area contributed by atoms with Crippen molar-refractivity contribution < 1.29 is 0 Å². The van der Waals surface area contributed by atoms with Gasteiger partial charge in [0.2, 0.25) is 0 Å². The summed E-state index contributed by atoms with van der Waals surface area (Å²) in [5, 5.41) is 10.3. The largest absolute Gasteiger partial charge is 0.148 e. The summed E-state index contributed by atoms with van der Waals surface area (Å²) in [7, 11) is 0. The molecule has 1 heterocycles. The normalized spacial score (nSPS) is 10.7. The van der Waals surface area contributed by atoms with Crippen LogP contribution < -0.4 is 0 Å². The highest BCUT2D eigenvalue weighted by Gasteiger charge is 2.08. The van der Waals surface area contributed by atoms with Crippen LogP contribution in [-0.4, -0.2) is 16.1 Å². The van der Waals surface area contributed by atoms with E-state index in [1.807, 2.05) is 0 Å². The Hall–Kier alpha value is -0.930. The van der Waals surface area contributed by atoms with Crippen molar-refractivity contribution in [1.29, 1.82) is 0 Å². The van der Waals surface area contributed by atoms with Crippen LogP contribution in [0.1, 0.15) is 16.1 Å². The second-order valence-corrected chi connectivity index (χ2v) is 5.20. The Morgan fingerprint density at radius 2 is 2.06 bits per heavy atom. The predicted octanol–water partition coefficient (Wildman–Crippen LogP) is 3.60. The van der Waals surface area contributed by atoms with Gasteiger partial charge in [-0.05, 0) is 25.5 Å². The van der Waals surface area contributed by atoms with E-state index < -0.39 is 0 Å². The molecule has 0 radical (unpaired) electrons. The first-order valence-corrected chi connectivity index (χ1v) is 6.52. The Morgan fingerprint density at radius 3 is 2.81 bits per heavy atom. The lowest BCUT2D eigenvalue weighted by Gasteiger charge is -2.02. The lowest BCUT2D eigenvalue weighted by atomic mass is 10.1. The average Bonchev–Trinajstić information content (AvgIpc) is 2.71. The highest BCUT2D eigenvalue weighted by Crippen LogP contribution is 2.27. The van der Waals surface area contributed by atoms with E-state index in [1.165, 1.54) is 16.7 Å². The summed E-state index contributed by atoms with van der Waals surface area (Å²) in [6, 6.07) is 6.38. The fraction of sp³-hybridized carbons (Fsp3) is 0.333. The molecule has 1 aromatic carbocycles. The number of alkyl halides is 1. The van der Waals surface area contributed by atoms with Crippen molar-refractivity contribution in [2.24, 2.45) is 0 Å². The van der Waals surface area contributed by atoms with E-state index in [9.17, 15) is 0 Å². The van der Waals surface area contributed by atoms with Crippen LogP contribution in [-0.2, 0) is 6.42 Å². The fourth-order valence-corrected chi connectivity index (χ4v) is 2.72. The molecule has 0 saturated heterocycles. The molecule has 0 aliphatic heterocycles. The van der Waals surface area contributed by atoms with Crippen LogP contribution in [0.5, 0.6) is 0 Å². The van der Waals surface area contributed by atoms with E-state index in [-0.39, 0.29) is 0 Å². The highest BCUT2D eigenvalue weighted by molar-refractivity contribution is 7.14. The van der Waals surface area contributed by atoms with Gasteiger partial charge in [-0.15, -0.1) is 21.8 Å². The van der Waals surface area contributed by atoms with Gasteiger partial charge in [0.25, 0.3) is 0 Å². The quantitative estimate of drug-likeness (QED) is 0.780. The van der Waals surface area contributed by atoms with Gasteiger partial charge in [0.1, 0.15) is 10.0 Å². The van der Waals surface area contributed by atoms with Crippen LogP contribution in [0, 0.1) is 13.8 Å². The Bertz CT molecular complexity index is 494. The van der Waals surface area contributed by atoms with E-state index in [2.05, 4.69) is 42.2 Å². The molecule has 4 heteroatoms. The van der Waals surface area contributed by atoms with Gasteiger partial charge in [-0.1, -0.05) is 29.0 Å². The first-order chi connectivity index (χ1) is 7.70. The molecule has 0 unspecified atom stereocenters. The van der Waals surface area contributed by atoms with E-state index in [4.69, 9.17) is 11.6 Å². The molecule has 0 fully saturated rings. The molecule has 2 nitrogen and oxygen atoms in total. The zero-order valence-electron chi connectivity index (χ0n) is 9.33. The van der Waals surface area contributed by atoms with Crippen LogP contribution in [0.3, 0.4) is 0 Å². The van der Waals surface area contributed by atoms with Crippen molar-refractivity contribution >= 4 is 22.9 Å². The number of aromatic nitrogens is 2. The molecular formula is C12H13ClN2S. The van der Waals surface area contributed by atoms with Gasteiger partial charge in [0.05, 0.1) is 0 Å². The van der Waals surface area contributed by atoms with Crippen LogP contribution in [0.4, 0.5) is 0 Å². The minimum Gasteiger partial charge on any atom is -0.143 e. The molecule has 0 aliphatic carbocycles. The van der Waals surface area contributed by atoms with Gasteiger partial charge in [-0.25, -0.2) is 0 Å². The first-order valence-electron chi connectivity index (χ1n) is 5.16. The maximum atomic E-state index is 5.69. The third-order valence-electron chi connectivity index (χ3n) is 2.40. The minimum absolute atomic E-state index is 0.599. The Kier molecular flexibility index (Phi) is 3.56. The van der Waals surface area contributed by atoms with Gasteiger partial charge in [0, 0.05) is 17.9 Å². The number of benzene rings is 1. The molecule has 0 aliphatic rings. The number of aryl methyl sites for hydroxylation is 3. The third-order valence-corrected chi connectivity index (χ3v) is 3.60. The number of halogens is 1. The lowest BCUT2D eigenvalue weighted by Crippen LogP contribution is -1.84. The Labute approximate surface area is 104 Å². The van der Waals surface area contributed by atoms with Crippen molar-refractivity contribution in [2.75, 3.05) is 5.88 Å². The molecule has 1 aromatic heterocycles. The van der Waals surface area contributed by atoms with Crippen molar-refractivity contribution in [3.8, 4) is 10.6 Å². The van der Waals surface area contributed by atoms with Gasteiger partial charge in [0.15, 0.2) is 0 Å². The van der Waals surface area contributed by atoms with Crippen LogP contribution in [0.2, 0.25) is 0 Å². The van der Waals surface area contributed by atoms with Crippen molar-refractivity contribution in [3.05, 3.63) is 34.3 Å². The standard InChI is InChI=1S/C12H13ClN2S/c1-8-3-4-9(2)10(7-8)12-15-14-11(16-12)5-6-13/h3-4,7H,5-6H2,1-2H3. The summed E-state index contributed by atoms with van der Waals surface area (Å²) in [5.41, 5.74) is 3.66. The topological polar surface area (TPSA) is 25.8 Å². The van der Waals surface area contributed by atoms with E-state index in [0.29, 0.717) is 5.88 Å². The van der Waals surface area contributed by atoms with Gasteiger partial charge >= 0.3 is 0 Å². The number of nitrogens with zero attached hydrogens (tertiary/aromatic N) is 2. The molecule has 0 saturated carbocycles. The highest BCUT2D eigenvalue weighted by atomic mass is 35.5. The third kappa shape index (κ3) is 2.42. The maximum Gasteiger partial charge on any atom is 0.148 e. The maximum absolute atomic E-state index is 5.69. The fourth-order valence-electron chi connectivity index (χ4n) is 1.51. The molecule has 16 heavy (non-hydrogen) atoms. The van der Waals surface area contributed by atoms with Gasteiger partial charge < -0.3 is 0 Å². The molecule has 2 rings (SSSR count). The Balaban J connectivity index is 2.38. The molecule has 0 atom stereocenters. The SMILES string of the molecule is Cc1ccc(C)c(-c2nnc(CCCl)s2)c1. The molecule has 0 bridgehead atoms. The molecule has 0 spiro atoms. The monoisotopic (exact) mass is 252 g/mol. The van der Waals surface area contributed by atoms with Crippen molar-refractivity contribution in [2.45, 2.75) is 20.3 Å². The number of hydrogen-bond acceptors (Lipinski definition) is 3. The second kappa shape index (κ2) is 4.93.